The van der Waals surface area contributed by atoms with E-state index >= 15 is 0 Å². The second kappa shape index (κ2) is 6.61. The van der Waals surface area contributed by atoms with Crippen LogP contribution in [0.25, 0.3) is 11.4 Å². The van der Waals surface area contributed by atoms with Gasteiger partial charge < -0.3 is 4.74 Å². The van der Waals surface area contributed by atoms with Crippen LogP contribution in [0, 0.1) is 5.82 Å². The van der Waals surface area contributed by atoms with Gasteiger partial charge in [-0.2, -0.15) is 0 Å². The Balaban J connectivity index is 1.68. The predicted octanol–water partition coefficient (Wildman–Crippen LogP) is 4.08. The van der Waals surface area contributed by atoms with E-state index in [0.29, 0.717) is 12.1 Å². The molecule has 23 heavy (non-hydrogen) atoms. The standard InChI is InChI=1S/C17H20FN3OS/c18-13-6-4-5-12(9-13)16-19-20-17(23-11-15-10-22-15)21(16)14-7-2-1-3-8-14/h4-6,9,14-15H,1-3,7-8,10-11H2. The highest BCUT2D eigenvalue weighted by molar-refractivity contribution is 7.99. The summed E-state index contributed by atoms with van der Waals surface area (Å²) in [7, 11) is 0. The highest BCUT2D eigenvalue weighted by Crippen LogP contribution is 2.36. The van der Waals surface area contributed by atoms with E-state index in [1.807, 2.05) is 6.07 Å². The molecule has 2 heterocycles. The van der Waals surface area contributed by atoms with E-state index < -0.39 is 0 Å². The SMILES string of the molecule is Fc1cccc(-c2nnc(SCC3CO3)n2C2CCCCC2)c1. The zero-order valence-corrected chi connectivity index (χ0v) is 13.8. The van der Waals surface area contributed by atoms with E-state index in [2.05, 4.69) is 14.8 Å². The molecular weight excluding hydrogens is 313 g/mol. The first kappa shape index (κ1) is 15.1. The van der Waals surface area contributed by atoms with Gasteiger partial charge in [0.1, 0.15) is 5.82 Å². The number of hydrogen-bond acceptors (Lipinski definition) is 4. The van der Waals surface area contributed by atoms with E-state index in [1.54, 1.807) is 23.9 Å². The first-order valence-corrected chi connectivity index (χ1v) is 9.25. The van der Waals surface area contributed by atoms with Crippen LogP contribution in [0.4, 0.5) is 4.39 Å². The summed E-state index contributed by atoms with van der Waals surface area (Å²) >= 11 is 1.70. The quantitative estimate of drug-likeness (QED) is 0.611. The van der Waals surface area contributed by atoms with Crippen molar-refractivity contribution in [2.75, 3.05) is 12.4 Å². The Morgan fingerprint density at radius 1 is 1.22 bits per heavy atom. The van der Waals surface area contributed by atoms with Gasteiger partial charge in [0, 0.05) is 17.4 Å². The molecule has 1 atom stereocenters. The number of hydrogen-bond donors (Lipinski definition) is 0. The fourth-order valence-corrected chi connectivity index (χ4v) is 4.20. The summed E-state index contributed by atoms with van der Waals surface area (Å²) < 4.78 is 21.1. The van der Waals surface area contributed by atoms with Crippen molar-refractivity contribution in [2.45, 2.75) is 49.4 Å². The molecule has 0 N–H and O–H groups in total. The van der Waals surface area contributed by atoms with Crippen molar-refractivity contribution in [3.63, 3.8) is 0 Å². The summed E-state index contributed by atoms with van der Waals surface area (Å²) in [5, 5.41) is 9.72. The second-order valence-electron chi connectivity index (χ2n) is 6.24. The molecule has 6 heteroatoms. The van der Waals surface area contributed by atoms with E-state index in [-0.39, 0.29) is 5.82 Å². The van der Waals surface area contributed by atoms with Gasteiger partial charge in [-0.15, -0.1) is 10.2 Å². The molecule has 2 aromatic rings. The maximum absolute atomic E-state index is 13.6. The summed E-state index contributed by atoms with van der Waals surface area (Å²) in [5.41, 5.74) is 0.803. The summed E-state index contributed by atoms with van der Waals surface area (Å²) in [6.45, 7) is 0.849. The number of halogens is 1. The Labute approximate surface area is 139 Å². The molecule has 4 rings (SSSR count). The Kier molecular flexibility index (Phi) is 4.35. The normalized spacial score (nSPS) is 21.5. The number of ether oxygens (including phenoxy) is 1. The molecule has 1 unspecified atom stereocenters. The molecular formula is C17H20FN3OS. The number of epoxide rings is 1. The van der Waals surface area contributed by atoms with Crippen LogP contribution >= 0.6 is 11.8 Å². The average molecular weight is 333 g/mol. The fraction of sp³-hybridized carbons (Fsp3) is 0.529. The van der Waals surface area contributed by atoms with Crippen molar-refractivity contribution in [3.8, 4) is 11.4 Å². The fourth-order valence-electron chi connectivity index (χ4n) is 3.20. The van der Waals surface area contributed by atoms with Crippen molar-refractivity contribution >= 4 is 11.8 Å². The Hall–Kier alpha value is -1.40. The maximum Gasteiger partial charge on any atom is 0.191 e. The molecule has 1 aliphatic heterocycles. The van der Waals surface area contributed by atoms with Crippen molar-refractivity contribution in [1.29, 1.82) is 0 Å². The van der Waals surface area contributed by atoms with E-state index in [9.17, 15) is 4.39 Å². The van der Waals surface area contributed by atoms with Crippen molar-refractivity contribution in [1.82, 2.24) is 14.8 Å². The zero-order chi connectivity index (χ0) is 15.6. The van der Waals surface area contributed by atoms with Gasteiger partial charge in [0.2, 0.25) is 0 Å². The van der Waals surface area contributed by atoms with Crippen LogP contribution in [-0.4, -0.2) is 33.2 Å². The van der Waals surface area contributed by atoms with E-state index in [4.69, 9.17) is 4.74 Å². The molecule has 1 saturated carbocycles. The molecule has 1 aliphatic carbocycles. The predicted molar refractivity (Wildman–Crippen MR) is 88.0 cm³/mol. The van der Waals surface area contributed by atoms with Crippen LogP contribution in [0.3, 0.4) is 0 Å². The average Bonchev–Trinajstić information content (AvgIpc) is 3.31. The summed E-state index contributed by atoms with van der Waals surface area (Å²) in [6.07, 6.45) is 6.42. The molecule has 1 saturated heterocycles. The Bertz CT molecular complexity index is 680. The van der Waals surface area contributed by atoms with Gasteiger partial charge in [-0.3, -0.25) is 4.57 Å². The first-order valence-electron chi connectivity index (χ1n) is 8.26. The molecule has 0 amide bonds. The molecule has 1 aromatic carbocycles. The van der Waals surface area contributed by atoms with Gasteiger partial charge in [-0.1, -0.05) is 43.2 Å². The third kappa shape index (κ3) is 3.43. The summed E-state index contributed by atoms with van der Waals surface area (Å²) in [5.74, 6) is 1.46. The topological polar surface area (TPSA) is 43.2 Å². The van der Waals surface area contributed by atoms with Crippen LogP contribution in [0.1, 0.15) is 38.1 Å². The third-order valence-corrected chi connectivity index (χ3v) is 5.56. The van der Waals surface area contributed by atoms with Gasteiger partial charge in [0.05, 0.1) is 12.7 Å². The lowest BCUT2D eigenvalue weighted by Crippen LogP contribution is -2.15. The highest BCUT2D eigenvalue weighted by atomic mass is 32.2. The Morgan fingerprint density at radius 3 is 2.78 bits per heavy atom. The third-order valence-electron chi connectivity index (χ3n) is 4.49. The van der Waals surface area contributed by atoms with Gasteiger partial charge in [-0.05, 0) is 25.0 Å². The van der Waals surface area contributed by atoms with Gasteiger partial charge in [0.25, 0.3) is 0 Å². The minimum absolute atomic E-state index is 0.235. The number of rotatable bonds is 5. The number of nitrogens with zero attached hydrogens (tertiary/aromatic N) is 3. The Morgan fingerprint density at radius 2 is 2.04 bits per heavy atom. The van der Waals surface area contributed by atoms with Gasteiger partial charge in [-0.25, -0.2) is 4.39 Å². The monoisotopic (exact) mass is 333 g/mol. The smallest absolute Gasteiger partial charge is 0.191 e. The van der Waals surface area contributed by atoms with Crippen molar-refractivity contribution in [2.24, 2.45) is 0 Å². The molecule has 122 valence electrons. The highest BCUT2D eigenvalue weighted by Gasteiger charge is 2.27. The van der Waals surface area contributed by atoms with Crippen molar-refractivity contribution in [3.05, 3.63) is 30.1 Å². The molecule has 0 bridgehead atoms. The summed E-state index contributed by atoms with van der Waals surface area (Å²) in [6, 6.07) is 7.06. The lowest BCUT2D eigenvalue weighted by molar-refractivity contribution is 0.339. The lowest BCUT2D eigenvalue weighted by Gasteiger charge is -2.25. The number of benzene rings is 1. The molecule has 2 fully saturated rings. The van der Waals surface area contributed by atoms with Crippen LogP contribution < -0.4 is 0 Å². The number of thioether (sulfide) groups is 1. The van der Waals surface area contributed by atoms with Crippen LogP contribution in [0.15, 0.2) is 29.4 Å². The van der Waals surface area contributed by atoms with E-state index in [0.717, 1.165) is 41.7 Å². The van der Waals surface area contributed by atoms with Crippen LogP contribution in [-0.2, 0) is 4.74 Å². The minimum Gasteiger partial charge on any atom is -0.372 e. The lowest BCUT2D eigenvalue weighted by atomic mass is 9.95. The van der Waals surface area contributed by atoms with Crippen molar-refractivity contribution < 1.29 is 9.13 Å². The van der Waals surface area contributed by atoms with Crippen LogP contribution in [0.5, 0.6) is 0 Å². The minimum atomic E-state index is -0.235. The number of aromatic nitrogens is 3. The molecule has 4 nitrogen and oxygen atoms in total. The molecule has 0 radical (unpaired) electrons. The maximum atomic E-state index is 13.6. The largest absolute Gasteiger partial charge is 0.372 e. The zero-order valence-electron chi connectivity index (χ0n) is 12.9. The molecule has 2 aliphatic rings. The molecule has 0 spiro atoms. The van der Waals surface area contributed by atoms with Crippen LogP contribution in [0.2, 0.25) is 0 Å². The summed E-state index contributed by atoms with van der Waals surface area (Å²) in [4.78, 5) is 0. The van der Waals surface area contributed by atoms with Gasteiger partial charge >= 0.3 is 0 Å². The van der Waals surface area contributed by atoms with E-state index in [1.165, 1.54) is 25.3 Å². The first-order chi connectivity index (χ1) is 11.3. The second-order valence-corrected chi connectivity index (χ2v) is 7.23. The van der Waals surface area contributed by atoms with Gasteiger partial charge in [0.15, 0.2) is 11.0 Å². The molecule has 1 aromatic heterocycles.